The lowest BCUT2D eigenvalue weighted by molar-refractivity contribution is -0.170. The normalized spacial score (nSPS) is 11.5. The monoisotopic (exact) mass is 280 g/mol. The SMILES string of the molecule is Cc1c(Br)cccc1CC(=O)C(F)(F)F. The van der Waals surface area contributed by atoms with Gasteiger partial charge >= 0.3 is 6.18 Å². The molecule has 0 spiro atoms. The largest absolute Gasteiger partial charge is 0.450 e. The molecule has 0 saturated carbocycles. The Morgan fingerprint density at radius 3 is 2.53 bits per heavy atom. The van der Waals surface area contributed by atoms with Gasteiger partial charge in [0.2, 0.25) is 5.78 Å². The second kappa shape index (κ2) is 4.35. The summed E-state index contributed by atoms with van der Waals surface area (Å²) in [6.45, 7) is 1.67. The van der Waals surface area contributed by atoms with Crippen molar-refractivity contribution in [2.45, 2.75) is 19.5 Å². The second-order valence-corrected chi connectivity index (χ2v) is 3.98. The van der Waals surface area contributed by atoms with Crippen LogP contribution in [0.3, 0.4) is 0 Å². The highest BCUT2D eigenvalue weighted by atomic mass is 79.9. The number of hydrogen-bond acceptors (Lipinski definition) is 1. The van der Waals surface area contributed by atoms with Crippen LogP contribution in [0.5, 0.6) is 0 Å². The molecule has 0 heterocycles. The molecule has 82 valence electrons. The van der Waals surface area contributed by atoms with Crippen LogP contribution in [-0.2, 0) is 11.2 Å². The number of benzene rings is 1. The van der Waals surface area contributed by atoms with Crippen LogP contribution in [0.25, 0.3) is 0 Å². The molecule has 1 aromatic rings. The first kappa shape index (κ1) is 12.2. The number of ketones is 1. The number of hydrogen-bond donors (Lipinski definition) is 0. The standard InChI is InChI=1S/C10H8BrF3O/c1-6-7(3-2-4-8(6)11)5-9(15)10(12,13)14/h2-4H,5H2,1H3. The average Bonchev–Trinajstić information content (AvgIpc) is 2.11. The lowest BCUT2D eigenvalue weighted by Crippen LogP contribution is -2.24. The van der Waals surface area contributed by atoms with Gasteiger partial charge in [-0.15, -0.1) is 0 Å². The van der Waals surface area contributed by atoms with E-state index in [-0.39, 0.29) is 0 Å². The predicted molar refractivity (Wildman–Crippen MR) is 53.6 cm³/mol. The van der Waals surface area contributed by atoms with Crippen molar-refractivity contribution in [2.24, 2.45) is 0 Å². The van der Waals surface area contributed by atoms with Crippen molar-refractivity contribution in [1.82, 2.24) is 0 Å². The number of carbonyl (C=O) groups is 1. The van der Waals surface area contributed by atoms with Crippen LogP contribution in [0.1, 0.15) is 11.1 Å². The zero-order chi connectivity index (χ0) is 11.6. The Kier molecular flexibility index (Phi) is 3.54. The summed E-state index contributed by atoms with van der Waals surface area (Å²) < 4.78 is 36.7. The van der Waals surface area contributed by atoms with Gasteiger partial charge < -0.3 is 0 Å². The van der Waals surface area contributed by atoms with Gasteiger partial charge in [-0.3, -0.25) is 4.79 Å². The molecule has 0 aliphatic rings. The molecule has 1 nitrogen and oxygen atoms in total. The second-order valence-electron chi connectivity index (χ2n) is 3.12. The Balaban J connectivity index is 2.91. The Morgan fingerprint density at radius 2 is 2.00 bits per heavy atom. The Morgan fingerprint density at radius 1 is 1.40 bits per heavy atom. The van der Waals surface area contributed by atoms with Gasteiger partial charge in [0.1, 0.15) is 0 Å². The van der Waals surface area contributed by atoms with Gasteiger partial charge in [-0.1, -0.05) is 28.1 Å². The first-order valence-electron chi connectivity index (χ1n) is 4.16. The molecule has 0 aromatic heterocycles. The molecule has 1 rings (SSSR count). The molecule has 0 aliphatic carbocycles. The molecular formula is C10H8BrF3O. The molecule has 0 unspecified atom stereocenters. The van der Waals surface area contributed by atoms with E-state index in [1.807, 2.05) is 0 Å². The summed E-state index contributed by atoms with van der Waals surface area (Å²) in [5, 5.41) is 0. The fourth-order valence-corrected chi connectivity index (χ4v) is 1.52. The zero-order valence-electron chi connectivity index (χ0n) is 7.86. The van der Waals surface area contributed by atoms with Crippen molar-refractivity contribution >= 4 is 21.7 Å². The molecule has 15 heavy (non-hydrogen) atoms. The maximum atomic E-state index is 12.0. The molecule has 0 radical (unpaired) electrons. The molecule has 5 heteroatoms. The van der Waals surface area contributed by atoms with E-state index in [4.69, 9.17) is 0 Å². The smallest absolute Gasteiger partial charge is 0.289 e. The minimum Gasteiger partial charge on any atom is -0.289 e. The third kappa shape index (κ3) is 3.06. The Hall–Kier alpha value is -0.840. The molecule has 0 amide bonds. The van der Waals surface area contributed by atoms with E-state index in [2.05, 4.69) is 15.9 Å². The van der Waals surface area contributed by atoms with Gasteiger partial charge in [-0.05, 0) is 24.1 Å². The first-order valence-corrected chi connectivity index (χ1v) is 4.95. The van der Waals surface area contributed by atoms with Crippen molar-refractivity contribution in [3.8, 4) is 0 Å². The van der Waals surface area contributed by atoms with Gasteiger partial charge in [0.25, 0.3) is 0 Å². The molecule has 0 atom stereocenters. The number of carbonyl (C=O) groups excluding carboxylic acids is 1. The van der Waals surface area contributed by atoms with E-state index in [1.54, 1.807) is 19.1 Å². The van der Waals surface area contributed by atoms with Gasteiger partial charge in [-0.25, -0.2) is 0 Å². The van der Waals surface area contributed by atoms with E-state index in [1.165, 1.54) is 6.07 Å². The molecule has 1 aromatic carbocycles. The van der Waals surface area contributed by atoms with E-state index in [0.717, 1.165) is 0 Å². The van der Waals surface area contributed by atoms with Crippen LogP contribution in [0, 0.1) is 6.92 Å². The van der Waals surface area contributed by atoms with Crippen molar-refractivity contribution in [3.63, 3.8) is 0 Å². The van der Waals surface area contributed by atoms with Crippen LogP contribution >= 0.6 is 15.9 Å². The van der Waals surface area contributed by atoms with Gasteiger partial charge in [0, 0.05) is 10.9 Å². The van der Waals surface area contributed by atoms with Gasteiger partial charge in [0.15, 0.2) is 0 Å². The van der Waals surface area contributed by atoms with Crippen molar-refractivity contribution in [2.75, 3.05) is 0 Å². The summed E-state index contributed by atoms with van der Waals surface area (Å²) in [7, 11) is 0. The van der Waals surface area contributed by atoms with E-state index >= 15 is 0 Å². The molecule has 0 saturated heterocycles. The topological polar surface area (TPSA) is 17.1 Å². The maximum Gasteiger partial charge on any atom is 0.450 e. The summed E-state index contributed by atoms with van der Waals surface area (Å²) in [6.07, 6.45) is -5.36. The third-order valence-corrected chi connectivity index (χ3v) is 2.91. The van der Waals surface area contributed by atoms with Crippen molar-refractivity contribution in [1.29, 1.82) is 0 Å². The van der Waals surface area contributed by atoms with Crippen LogP contribution in [0.4, 0.5) is 13.2 Å². The van der Waals surface area contributed by atoms with Gasteiger partial charge in [0.05, 0.1) is 0 Å². The highest BCUT2D eigenvalue weighted by Crippen LogP contribution is 2.23. The van der Waals surface area contributed by atoms with Crippen molar-refractivity contribution < 1.29 is 18.0 Å². The summed E-state index contributed by atoms with van der Waals surface area (Å²) in [5.74, 6) is -1.72. The molecule has 0 aliphatic heterocycles. The number of Topliss-reactive ketones (excluding diaryl/α,β-unsaturated/α-hetero) is 1. The molecule has 0 N–H and O–H groups in total. The minimum absolute atomic E-state index is 0.395. The van der Waals surface area contributed by atoms with Crippen LogP contribution in [0.15, 0.2) is 22.7 Å². The summed E-state index contributed by atoms with van der Waals surface area (Å²) in [6, 6.07) is 4.84. The Labute approximate surface area is 93.4 Å². The fourth-order valence-electron chi connectivity index (χ4n) is 1.12. The lowest BCUT2D eigenvalue weighted by Gasteiger charge is -2.08. The zero-order valence-corrected chi connectivity index (χ0v) is 9.45. The summed E-state index contributed by atoms with van der Waals surface area (Å²) >= 11 is 3.19. The van der Waals surface area contributed by atoms with Crippen LogP contribution in [-0.4, -0.2) is 12.0 Å². The third-order valence-electron chi connectivity index (χ3n) is 2.05. The predicted octanol–water partition coefficient (Wildman–Crippen LogP) is 3.43. The van der Waals surface area contributed by atoms with E-state index in [0.29, 0.717) is 15.6 Å². The number of halogens is 4. The Bertz CT molecular complexity index is 385. The van der Waals surface area contributed by atoms with Crippen LogP contribution < -0.4 is 0 Å². The maximum absolute atomic E-state index is 12.0. The first-order chi connectivity index (χ1) is 6.82. The lowest BCUT2D eigenvalue weighted by atomic mass is 10.0. The van der Waals surface area contributed by atoms with Gasteiger partial charge in [-0.2, -0.15) is 13.2 Å². The number of alkyl halides is 3. The highest BCUT2D eigenvalue weighted by Gasteiger charge is 2.37. The summed E-state index contributed by atoms with van der Waals surface area (Å²) in [5.41, 5.74) is 1.06. The molecular weight excluding hydrogens is 273 g/mol. The average molecular weight is 281 g/mol. The van der Waals surface area contributed by atoms with E-state index < -0.39 is 18.4 Å². The minimum atomic E-state index is -4.76. The fraction of sp³-hybridized carbons (Fsp3) is 0.300. The summed E-state index contributed by atoms with van der Waals surface area (Å²) in [4.78, 5) is 10.8. The number of rotatable bonds is 2. The quantitative estimate of drug-likeness (QED) is 0.811. The molecule has 0 bridgehead atoms. The van der Waals surface area contributed by atoms with Crippen LogP contribution in [0.2, 0.25) is 0 Å². The van der Waals surface area contributed by atoms with Crippen molar-refractivity contribution in [3.05, 3.63) is 33.8 Å². The highest BCUT2D eigenvalue weighted by molar-refractivity contribution is 9.10. The molecule has 0 fully saturated rings. The van der Waals surface area contributed by atoms with E-state index in [9.17, 15) is 18.0 Å².